The molecule has 0 aromatic heterocycles. The zero-order valence-electron chi connectivity index (χ0n) is 11.1. The van der Waals surface area contributed by atoms with Crippen molar-refractivity contribution in [1.29, 1.82) is 0 Å². The van der Waals surface area contributed by atoms with Gasteiger partial charge in [0.25, 0.3) is 0 Å². The summed E-state index contributed by atoms with van der Waals surface area (Å²) in [5.74, 6) is -2.38. The van der Waals surface area contributed by atoms with Crippen LogP contribution in [0.3, 0.4) is 0 Å². The van der Waals surface area contributed by atoms with Crippen LogP contribution in [0.4, 0.5) is 0 Å². The summed E-state index contributed by atoms with van der Waals surface area (Å²) in [6, 6.07) is 0. The van der Waals surface area contributed by atoms with Crippen LogP contribution in [-0.4, -0.2) is 56.4 Å². The van der Waals surface area contributed by atoms with Gasteiger partial charge in [0, 0.05) is 11.8 Å². The van der Waals surface area contributed by atoms with Gasteiger partial charge in [-0.2, -0.15) is 0 Å². The molecule has 0 saturated heterocycles. The standard InChI is InChI=1S/C12H22O6/c1-5(2)7(13)9(15)11(17)12(18)10(16)8(14)6(3)4/h5-6,9-12,15-18H,1-4H3/t9-,10+,11-,12-/m1/s1. The molecule has 0 amide bonds. The molecule has 18 heavy (non-hydrogen) atoms. The first kappa shape index (κ1) is 17.2. The molecule has 6 heteroatoms. The first-order valence-corrected chi connectivity index (χ1v) is 5.91. The van der Waals surface area contributed by atoms with Crippen molar-refractivity contribution < 1.29 is 30.0 Å². The summed E-state index contributed by atoms with van der Waals surface area (Å²) < 4.78 is 0. The maximum Gasteiger partial charge on any atom is 0.166 e. The molecular formula is C12H22O6. The predicted molar refractivity (Wildman–Crippen MR) is 63.7 cm³/mol. The highest BCUT2D eigenvalue weighted by molar-refractivity contribution is 5.87. The summed E-state index contributed by atoms with van der Waals surface area (Å²) in [6.45, 7) is 6.11. The van der Waals surface area contributed by atoms with Crippen molar-refractivity contribution in [3.8, 4) is 0 Å². The summed E-state index contributed by atoms with van der Waals surface area (Å²) in [5, 5.41) is 38.2. The molecule has 0 aromatic rings. The van der Waals surface area contributed by atoms with Crippen molar-refractivity contribution in [3.05, 3.63) is 0 Å². The molecule has 0 spiro atoms. The first-order valence-electron chi connectivity index (χ1n) is 5.91. The third-order valence-corrected chi connectivity index (χ3v) is 2.72. The van der Waals surface area contributed by atoms with Crippen molar-refractivity contribution in [1.82, 2.24) is 0 Å². The summed E-state index contributed by atoms with van der Waals surface area (Å²) in [6.07, 6.45) is -7.43. The van der Waals surface area contributed by atoms with Crippen LogP contribution in [0.15, 0.2) is 0 Å². The summed E-state index contributed by atoms with van der Waals surface area (Å²) in [7, 11) is 0. The van der Waals surface area contributed by atoms with Crippen molar-refractivity contribution in [2.75, 3.05) is 0 Å². The number of hydrogen-bond acceptors (Lipinski definition) is 6. The minimum absolute atomic E-state index is 0.528. The van der Waals surface area contributed by atoms with Crippen molar-refractivity contribution in [2.45, 2.75) is 52.1 Å². The van der Waals surface area contributed by atoms with Gasteiger partial charge in [-0.15, -0.1) is 0 Å². The molecule has 0 aromatic carbocycles. The van der Waals surface area contributed by atoms with E-state index >= 15 is 0 Å². The molecular weight excluding hydrogens is 240 g/mol. The molecule has 0 radical (unpaired) electrons. The maximum absolute atomic E-state index is 11.4. The van der Waals surface area contributed by atoms with Gasteiger partial charge in [0.1, 0.15) is 24.4 Å². The van der Waals surface area contributed by atoms with Gasteiger partial charge in [0.05, 0.1) is 0 Å². The van der Waals surface area contributed by atoms with Crippen molar-refractivity contribution in [3.63, 3.8) is 0 Å². The van der Waals surface area contributed by atoms with E-state index in [2.05, 4.69) is 0 Å². The van der Waals surface area contributed by atoms with Gasteiger partial charge in [0.15, 0.2) is 11.6 Å². The van der Waals surface area contributed by atoms with Crippen LogP contribution < -0.4 is 0 Å². The van der Waals surface area contributed by atoms with E-state index in [4.69, 9.17) is 0 Å². The smallest absolute Gasteiger partial charge is 0.166 e. The normalized spacial score (nSPS) is 18.6. The largest absolute Gasteiger partial charge is 0.387 e. The second-order valence-electron chi connectivity index (χ2n) is 4.98. The van der Waals surface area contributed by atoms with E-state index in [1.165, 1.54) is 27.7 Å². The molecule has 4 N–H and O–H groups in total. The molecule has 0 aliphatic carbocycles. The van der Waals surface area contributed by atoms with E-state index in [1.54, 1.807) is 0 Å². The Labute approximate surface area is 106 Å². The van der Waals surface area contributed by atoms with Crippen molar-refractivity contribution >= 4 is 11.6 Å². The molecule has 0 heterocycles. The summed E-state index contributed by atoms with van der Waals surface area (Å²) in [5.41, 5.74) is 0. The number of carbonyl (C=O) groups is 2. The lowest BCUT2D eigenvalue weighted by Crippen LogP contribution is -2.51. The van der Waals surface area contributed by atoms with E-state index in [0.29, 0.717) is 0 Å². The third-order valence-electron chi connectivity index (χ3n) is 2.72. The molecule has 4 atom stereocenters. The van der Waals surface area contributed by atoms with Gasteiger partial charge in [-0.3, -0.25) is 9.59 Å². The van der Waals surface area contributed by atoms with E-state index < -0.39 is 47.8 Å². The average Bonchev–Trinajstić information content (AvgIpc) is 2.32. The summed E-state index contributed by atoms with van der Waals surface area (Å²) >= 11 is 0. The van der Waals surface area contributed by atoms with Crippen LogP contribution in [0.25, 0.3) is 0 Å². The van der Waals surface area contributed by atoms with Gasteiger partial charge < -0.3 is 20.4 Å². The van der Waals surface area contributed by atoms with Crippen LogP contribution in [0.5, 0.6) is 0 Å². The zero-order valence-corrected chi connectivity index (χ0v) is 11.1. The Morgan fingerprint density at radius 1 is 0.667 bits per heavy atom. The van der Waals surface area contributed by atoms with Crippen LogP contribution in [-0.2, 0) is 9.59 Å². The number of aliphatic hydroxyl groups excluding tert-OH is 4. The molecule has 0 fully saturated rings. The first-order chi connectivity index (χ1) is 8.11. The fourth-order valence-corrected chi connectivity index (χ4v) is 1.39. The second-order valence-corrected chi connectivity index (χ2v) is 4.98. The molecule has 106 valence electrons. The number of hydrogen-bond donors (Lipinski definition) is 4. The second kappa shape index (κ2) is 6.94. The zero-order chi connectivity index (χ0) is 14.6. The molecule has 0 saturated carbocycles. The van der Waals surface area contributed by atoms with E-state index in [0.717, 1.165) is 0 Å². The Morgan fingerprint density at radius 3 is 1.06 bits per heavy atom. The lowest BCUT2D eigenvalue weighted by Gasteiger charge is -2.26. The molecule has 6 nitrogen and oxygen atoms in total. The molecule has 0 rings (SSSR count). The van der Waals surface area contributed by atoms with Gasteiger partial charge in [-0.1, -0.05) is 27.7 Å². The van der Waals surface area contributed by atoms with E-state index in [-0.39, 0.29) is 0 Å². The maximum atomic E-state index is 11.4. The van der Waals surface area contributed by atoms with Gasteiger partial charge in [-0.05, 0) is 0 Å². The van der Waals surface area contributed by atoms with Crippen LogP contribution in [0.1, 0.15) is 27.7 Å². The minimum atomic E-state index is -1.89. The quantitative estimate of drug-likeness (QED) is 0.462. The summed E-state index contributed by atoms with van der Waals surface area (Å²) in [4.78, 5) is 22.9. The van der Waals surface area contributed by atoms with Crippen molar-refractivity contribution in [2.24, 2.45) is 11.8 Å². The minimum Gasteiger partial charge on any atom is -0.387 e. The number of carbonyl (C=O) groups excluding carboxylic acids is 2. The highest BCUT2D eigenvalue weighted by atomic mass is 16.4. The number of Topliss-reactive ketones (excluding diaryl/α,β-unsaturated/α-hetero) is 2. The van der Waals surface area contributed by atoms with Gasteiger partial charge in [0.2, 0.25) is 0 Å². The lowest BCUT2D eigenvalue weighted by atomic mass is 9.91. The Hall–Kier alpha value is -0.820. The Balaban J connectivity index is 4.73. The van der Waals surface area contributed by atoms with E-state index in [1.807, 2.05) is 0 Å². The molecule has 0 bridgehead atoms. The highest BCUT2D eigenvalue weighted by Gasteiger charge is 2.38. The number of ketones is 2. The van der Waals surface area contributed by atoms with E-state index in [9.17, 15) is 30.0 Å². The van der Waals surface area contributed by atoms with Gasteiger partial charge >= 0.3 is 0 Å². The van der Waals surface area contributed by atoms with Crippen LogP contribution in [0, 0.1) is 11.8 Å². The van der Waals surface area contributed by atoms with Crippen LogP contribution in [0.2, 0.25) is 0 Å². The molecule has 0 aliphatic rings. The fourth-order valence-electron chi connectivity index (χ4n) is 1.39. The lowest BCUT2D eigenvalue weighted by molar-refractivity contribution is -0.156. The monoisotopic (exact) mass is 262 g/mol. The third kappa shape index (κ3) is 4.13. The van der Waals surface area contributed by atoms with Crippen LogP contribution >= 0.6 is 0 Å². The Kier molecular flexibility index (Phi) is 6.62. The molecule has 0 aliphatic heterocycles. The topological polar surface area (TPSA) is 115 Å². The SMILES string of the molecule is CC(C)C(=O)[C@@H](O)[C@@H](O)[C@H](O)[C@@H](O)C(=O)C(C)C. The Morgan fingerprint density at radius 2 is 0.889 bits per heavy atom. The number of aliphatic hydroxyl groups is 4. The predicted octanol–water partition coefficient (Wildman–Crippen LogP) is -1.12. The highest BCUT2D eigenvalue weighted by Crippen LogP contribution is 2.12. The fraction of sp³-hybridized carbons (Fsp3) is 0.833. The Bertz CT molecular complexity index is 269. The molecule has 0 unspecified atom stereocenters. The number of rotatable bonds is 7. The van der Waals surface area contributed by atoms with Gasteiger partial charge in [-0.25, -0.2) is 0 Å². The average molecular weight is 262 g/mol.